The van der Waals surface area contributed by atoms with Gasteiger partial charge in [-0.1, -0.05) is 20.8 Å². The minimum atomic E-state index is -3.34. The number of hydrogen-bond donors (Lipinski definition) is 2. The first kappa shape index (κ1) is 16.2. The lowest BCUT2D eigenvalue weighted by Gasteiger charge is -2.36. The highest BCUT2D eigenvalue weighted by atomic mass is 32.2. The molecule has 0 aromatic heterocycles. The van der Waals surface area contributed by atoms with Crippen LogP contribution in [-0.4, -0.2) is 43.9 Å². The van der Waals surface area contributed by atoms with E-state index in [-0.39, 0.29) is 6.04 Å². The smallest absolute Gasteiger partial charge is 0.279 e. The van der Waals surface area contributed by atoms with Crippen molar-refractivity contribution >= 4 is 10.2 Å². The number of piperidine rings is 1. The number of nitrogens with one attached hydrogen (secondary N) is 2. The molecule has 2 rings (SSSR count). The van der Waals surface area contributed by atoms with Gasteiger partial charge in [-0.3, -0.25) is 0 Å². The fourth-order valence-electron chi connectivity index (χ4n) is 3.34. The molecule has 6 heteroatoms. The second-order valence-electron chi connectivity index (χ2n) is 6.62. The van der Waals surface area contributed by atoms with Crippen LogP contribution >= 0.6 is 0 Å². The van der Waals surface area contributed by atoms with Gasteiger partial charge in [-0.25, -0.2) is 4.72 Å². The normalized spacial score (nSPS) is 30.4. The lowest BCUT2D eigenvalue weighted by molar-refractivity contribution is 0.223. The Morgan fingerprint density at radius 2 is 1.85 bits per heavy atom. The Morgan fingerprint density at radius 3 is 2.35 bits per heavy atom. The van der Waals surface area contributed by atoms with Crippen molar-refractivity contribution in [1.82, 2.24) is 14.3 Å². The third-order valence-corrected chi connectivity index (χ3v) is 5.91. The molecular formula is C14H29N3O2S. The number of nitrogens with zero attached hydrogens (tertiary/aromatic N) is 1. The van der Waals surface area contributed by atoms with E-state index in [2.05, 4.69) is 10.0 Å². The third kappa shape index (κ3) is 3.93. The summed E-state index contributed by atoms with van der Waals surface area (Å²) in [5, 5.41) is 3.58. The van der Waals surface area contributed by atoms with Gasteiger partial charge in [-0.05, 0) is 38.0 Å². The molecule has 0 radical (unpaired) electrons. The van der Waals surface area contributed by atoms with E-state index >= 15 is 0 Å². The lowest BCUT2D eigenvalue weighted by Crippen LogP contribution is -2.53. The van der Waals surface area contributed by atoms with Crippen molar-refractivity contribution in [2.24, 2.45) is 5.92 Å². The van der Waals surface area contributed by atoms with Crippen LogP contribution in [0.25, 0.3) is 0 Å². The second kappa shape index (κ2) is 6.73. The van der Waals surface area contributed by atoms with Gasteiger partial charge in [0.25, 0.3) is 10.2 Å². The maximum absolute atomic E-state index is 12.6. The summed E-state index contributed by atoms with van der Waals surface area (Å²) in [4.78, 5) is 0. The first-order chi connectivity index (χ1) is 9.42. The van der Waals surface area contributed by atoms with Crippen LogP contribution in [0.15, 0.2) is 0 Å². The first-order valence-electron chi connectivity index (χ1n) is 7.94. The molecule has 2 heterocycles. The van der Waals surface area contributed by atoms with Crippen LogP contribution in [0.2, 0.25) is 0 Å². The highest BCUT2D eigenvalue weighted by Crippen LogP contribution is 2.30. The summed E-state index contributed by atoms with van der Waals surface area (Å²) in [5.41, 5.74) is 0. The van der Waals surface area contributed by atoms with Gasteiger partial charge in [-0.2, -0.15) is 12.7 Å². The van der Waals surface area contributed by atoms with Crippen LogP contribution in [0.1, 0.15) is 52.9 Å². The van der Waals surface area contributed by atoms with Crippen molar-refractivity contribution in [1.29, 1.82) is 0 Å². The predicted molar refractivity (Wildman–Crippen MR) is 81.7 cm³/mol. The fraction of sp³-hybridized carbons (Fsp3) is 1.00. The van der Waals surface area contributed by atoms with Gasteiger partial charge in [0, 0.05) is 31.2 Å². The van der Waals surface area contributed by atoms with Gasteiger partial charge in [0.2, 0.25) is 0 Å². The molecule has 20 heavy (non-hydrogen) atoms. The number of hydrogen-bond acceptors (Lipinski definition) is 3. The Morgan fingerprint density at radius 1 is 1.25 bits per heavy atom. The summed E-state index contributed by atoms with van der Waals surface area (Å²) in [6.45, 7) is 7.23. The molecule has 2 bridgehead atoms. The molecule has 0 aliphatic carbocycles. The van der Waals surface area contributed by atoms with Crippen LogP contribution in [0.5, 0.6) is 0 Å². The van der Waals surface area contributed by atoms with E-state index in [0.717, 1.165) is 19.3 Å². The molecule has 0 aromatic rings. The number of fused-ring (bicyclic) bond motifs is 2. The van der Waals surface area contributed by atoms with Crippen molar-refractivity contribution in [3.63, 3.8) is 0 Å². The zero-order valence-electron chi connectivity index (χ0n) is 12.9. The summed E-state index contributed by atoms with van der Waals surface area (Å²) in [6.07, 6.45) is 5.17. The fourth-order valence-corrected chi connectivity index (χ4v) is 5.03. The monoisotopic (exact) mass is 303 g/mol. The van der Waals surface area contributed by atoms with E-state index in [4.69, 9.17) is 0 Å². The van der Waals surface area contributed by atoms with Crippen LogP contribution in [-0.2, 0) is 10.2 Å². The zero-order valence-corrected chi connectivity index (χ0v) is 13.7. The second-order valence-corrected chi connectivity index (χ2v) is 8.33. The van der Waals surface area contributed by atoms with Crippen LogP contribution in [0.4, 0.5) is 0 Å². The minimum absolute atomic E-state index is 0.165. The largest absolute Gasteiger partial charge is 0.311 e. The van der Waals surface area contributed by atoms with Crippen molar-refractivity contribution in [2.75, 3.05) is 13.1 Å². The van der Waals surface area contributed by atoms with Crippen LogP contribution in [0, 0.1) is 5.92 Å². The van der Waals surface area contributed by atoms with Gasteiger partial charge in [0.05, 0.1) is 0 Å². The first-order valence-corrected chi connectivity index (χ1v) is 9.38. The molecule has 118 valence electrons. The molecule has 0 saturated carbocycles. The molecular weight excluding hydrogens is 274 g/mol. The molecule has 2 N–H and O–H groups in total. The predicted octanol–water partition coefficient (Wildman–Crippen LogP) is 1.47. The number of rotatable bonds is 7. The van der Waals surface area contributed by atoms with Gasteiger partial charge in [0.1, 0.15) is 0 Å². The van der Waals surface area contributed by atoms with Crippen molar-refractivity contribution in [2.45, 2.75) is 71.0 Å². The van der Waals surface area contributed by atoms with Gasteiger partial charge < -0.3 is 5.32 Å². The molecule has 5 nitrogen and oxygen atoms in total. The topological polar surface area (TPSA) is 61.4 Å². The highest BCUT2D eigenvalue weighted by Gasteiger charge is 2.39. The van der Waals surface area contributed by atoms with Gasteiger partial charge in [-0.15, -0.1) is 0 Å². The Balaban J connectivity index is 2.05. The third-order valence-electron chi connectivity index (χ3n) is 4.28. The van der Waals surface area contributed by atoms with E-state index in [9.17, 15) is 8.42 Å². The maximum atomic E-state index is 12.6. The average molecular weight is 303 g/mol. The zero-order chi connectivity index (χ0) is 14.8. The Kier molecular flexibility index (Phi) is 5.45. The molecule has 2 saturated heterocycles. The SMILES string of the molecule is CCCN(C1CC2CCC(C1)N2)S(=O)(=O)NCC(C)C. The molecule has 0 aromatic carbocycles. The minimum Gasteiger partial charge on any atom is -0.311 e. The van der Waals surface area contributed by atoms with E-state index in [1.54, 1.807) is 4.31 Å². The van der Waals surface area contributed by atoms with Crippen LogP contribution < -0.4 is 10.0 Å². The Hall–Kier alpha value is -0.170. The van der Waals surface area contributed by atoms with Crippen molar-refractivity contribution < 1.29 is 8.42 Å². The molecule has 0 spiro atoms. The standard InChI is InChI=1S/C14H29N3O2S/c1-4-7-17(20(18,19)15-10-11(2)3)14-8-12-5-6-13(9-14)16-12/h11-16H,4-10H2,1-3H3. The van der Waals surface area contributed by atoms with E-state index in [1.807, 2.05) is 20.8 Å². The summed E-state index contributed by atoms with van der Waals surface area (Å²) in [7, 11) is -3.34. The highest BCUT2D eigenvalue weighted by molar-refractivity contribution is 7.87. The summed E-state index contributed by atoms with van der Waals surface area (Å²) < 4.78 is 29.6. The van der Waals surface area contributed by atoms with Gasteiger partial charge >= 0.3 is 0 Å². The molecule has 2 fully saturated rings. The summed E-state index contributed by atoms with van der Waals surface area (Å²) >= 11 is 0. The van der Waals surface area contributed by atoms with Gasteiger partial charge in [0.15, 0.2) is 0 Å². The van der Waals surface area contributed by atoms with E-state index in [1.165, 1.54) is 12.8 Å². The molecule has 2 atom stereocenters. The Labute approximate surface area is 123 Å². The van der Waals surface area contributed by atoms with E-state index < -0.39 is 10.2 Å². The molecule has 2 aliphatic rings. The quantitative estimate of drug-likeness (QED) is 0.749. The molecule has 0 amide bonds. The average Bonchev–Trinajstić information content (AvgIpc) is 2.72. The van der Waals surface area contributed by atoms with Crippen molar-refractivity contribution in [3.05, 3.63) is 0 Å². The van der Waals surface area contributed by atoms with E-state index in [0.29, 0.717) is 31.1 Å². The summed E-state index contributed by atoms with van der Waals surface area (Å²) in [6, 6.07) is 1.19. The van der Waals surface area contributed by atoms with Crippen LogP contribution in [0.3, 0.4) is 0 Å². The van der Waals surface area contributed by atoms with Crippen molar-refractivity contribution in [3.8, 4) is 0 Å². The molecule has 2 aliphatic heterocycles. The lowest BCUT2D eigenvalue weighted by atomic mass is 10.00. The molecule has 2 unspecified atom stereocenters. The maximum Gasteiger partial charge on any atom is 0.279 e. The Bertz CT molecular complexity index is 399. The summed E-state index contributed by atoms with van der Waals surface area (Å²) in [5.74, 6) is 0.331.